The fraction of sp³-hybridized carbons (Fsp3) is 0.750. The van der Waals surface area contributed by atoms with Crippen molar-refractivity contribution >= 4 is 22.4 Å². The molecule has 3 rings (SSSR count). The minimum Gasteiger partial charge on any atom is -0.481 e. The lowest BCUT2D eigenvalue weighted by Crippen LogP contribution is -2.24. The molecule has 1 fully saturated rings. The molecule has 2 heterocycles. The van der Waals surface area contributed by atoms with Crippen molar-refractivity contribution in [1.82, 2.24) is 4.98 Å². The van der Waals surface area contributed by atoms with Crippen LogP contribution in [0.2, 0.25) is 0 Å². The molecule has 21 heavy (non-hydrogen) atoms. The van der Waals surface area contributed by atoms with E-state index in [1.807, 2.05) is 0 Å². The summed E-state index contributed by atoms with van der Waals surface area (Å²) in [6, 6.07) is 0. The average Bonchev–Trinajstić information content (AvgIpc) is 2.77. The Balaban J connectivity index is 1.79. The number of thiazole rings is 1. The number of carbonyl (C=O) groups is 1. The molecule has 2 unspecified atom stereocenters. The number of carboxylic acid groups (broad SMARTS) is 1. The predicted octanol–water partition coefficient (Wildman–Crippen LogP) is 3.66. The van der Waals surface area contributed by atoms with Crippen molar-refractivity contribution in [1.29, 1.82) is 0 Å². The fourth-order valence-electron chi connectivity index (χ4n) is 3.55. The molecule has 0 aromatic carbocycles. The molecular formula is C16H24N2O2S. The zero-order valence-corrected chi connectivity index (χ0v) is 13.5. The summed E-state index contributed by atoms with van der Waals surface area (Å²) < 4.78 is 0. The summed E-state index contributed by atoms with van der Waals surface area (Å²) in [5.41, 5.74) is 0.852. The molecule has 0 amide bonds. The van der Waals surface area contributed by atoms with E-state index in [2.05, 4.69) is 11.8 Å². The fourth-order valence-corrected chi connectivity index (χ4v) is 4.76. The van der Waals surface area contributed by atoms with E-state index in [-0.39, 0.29) is 5.92 Å². The Morgan fingerprint density at radius 2 is 2.19 bits per heavy atom. The van der Waals surface area contributed by atoms with Gasteiger partial charge in [-0.25, -0.2) is 4.98 Å². The second-order valence-corrected chi connectivity index (χ2v) is 7.34. The third-order valence-corrected chi connectivity index (χ3v) is 6.13. The van der Waals surface area contributed by atoms with E-state index in [0.29, 0.717) is 0 Å². The Labute approximate surface area is 130 Å². The number of aliphatic carboxylic acids is 1. The molecule has 2 atom stereocenters. The smallest absolute Gasteiger partial charge is 0.312 e. The number of fused-ring (bicyclic) bond motifs is 1. The second-order valence-electron chi connectivity index (χ2n) is 6.28. The van der Waals surface area contributed by atoms with Crippen molar-refractivity contribution in [3.63, 3.8) is 0 Å². The normalized spacial score (nSPS) is 26.2. The minimum atomic E-state index is -0.713. The highest BCUT2D eigenvalue weighted by atomic mass is 32.1. The summed E-state index contributed by atoms with van der Waals surface area (Å²) >= 11 is 1.73. The first kappa shape index (κ1) is 14.8. The van der Waals surface area contributed by atoms with Gasteiger partial charge in [-0.15, -0.1) is 11.3 Å². The molecular weight excluding hydrogens is 284 g/mol. The number of nitrogens with zero attached hydrogens (tertiary/aromatic N) is 2. The zero-order chi connectivity index (χ0) is 14.8. The Morgan fingerprint density at radius 3 is 2.95 bits per heavy atom. The SMILES string of the molecule is CCC1CCCN(c2nc3c(s2)CCCC3C(=O)O)CC1. The van der Waals surface area contributed by atoms with Crippen LogP contribution in [0.1, 0.15) is 61.9 Å². The lowest BCUT2D eigenvalue weighted by atomic mass is 9.91. The number of hydrogen-bond acceptors (Lipinski definition) is 4. The van der Waals surface area contributed by atoms with Gasteiger partial charge in [0, 0.05) is 18.0 Å². The van der Waals surface area contributed by atoms with Crippen molar-refractivity contribution in [2.24, 2.45) is 5.92 Å². The van der Waals surface area contributed by atoms with Crippen LogP contribution >= 0.6 is 11.3 Å². The largest absolute Gasteiger partial charge is 0.481 e. The van der Waals surface area contributed by atoms with Crippen LogP contribution in [0.5, 0.6) is 0 Å². The van der Waals surface area contributed by atoms with Crippen molar-refractivity contribution in [2.45, 2.75) is 57.8 Å². The minimum absolute atomic E-state index is 0.380. The van der Waals surface area contributed by atoms with Crippen LogP contribution in [-0.2, 0) is 11.2 Å². The maximum atomic E-state index is 11.4. The molecule has 1 aliphatic carbocycles. The van der Waals surface area contributed by atoms with Crippen LogP contribution in [-0.4, -0.2) is 29.1 Å². The predicted molar refractivity (Wildman–Crippen MR) is 85.3 cm³/mol. The van der Waals surface area contributed by atoms with Crippen molar-refractivity contribution < 1.29 is 9.90 Å². The third kappa shape index (κ3) is 3.07. The van der Waals surface area contributed by atoms with Crippen LogP contribution in [0.15, 0.2) is 0 Å². The highest BCUT2D eigenvalue weighted by Crippen LogP contribution is 2.38. The van der Waals surface area contributed by atoms with Gasteiger partial charge in [-0.05, 0) is 44.4 Å². The lowest BCUT2D eigenvalue weighted by molar-refractivity contribution is -0.139. The number of rotatable bonds is 3. The van der Waals surface area contributed by atoms with Crippen molar-refractivity contribution in [2.75, 3.05) is 18.0 Å². The van der Waals surface area contributed by atoms with E-state index >= 15 is 0 Å². The molecule has 0 radical (unpaired) electrons. The van der Waals surface area contributed by atoms with Crippen molar-refractivity contribution in [3.05, 3.63) is 10.6 Å². The molecule has 0 spiro atoms. The average molecular weight is 308 g/mol. The number of hydrogen-bond donors (Lipinski definition) is 1. The molecule has 1 saturated heterocycles. The summed E-state index contributed by atoms with van der Waals surface area (Å²) in [5, 5.41) is 10.4. The Hall–Kier alpha value is -1.10. The first-order valence-corrected chi connectivity index (χ1v) is 8.98. The maximum absolute atomic E-state index is 11.4. The van der Waals surface area contributed by atoms with Gasteiger partial charge in [-0.2, -0.15) is 0 Å². The summed E-state index contributed by atoms with van der Waals surface area (Å²) in [5.74, 6) is -0.250. The molecule has 0 bridgehead atoms. The monoisotopic (exact) mass is 308 g/mol. The number of aromatic nitrogens is 1. The summed E-state index contributed by atoms with van der Waals surface area (Å²) in [6.07, 6.45) is 7.77. The Kier molecular flexibility index (Phi) is 4.48. The zero-order valence-electron chi connectivity index (χ0n) is 12.7. The first-order chi connectivity index (χ1) is 10.2. The molecule has 1 aromatic rings. The number of carboxylic acids is 1. The molecule has 4 nitrogen and oxygen atoms in total. The molecule has 1 aromatic heterocycles. The molecule has 116 valence electrons. The van der Waals surface area contributed by atoms with Crippen LogP contribution in [0, 0.1) is 5.92 Å². The van der Waals surface area contributed by atoms with E-state index in [4.69, 9.17) is 4.98 Å². The maximum Gasteiger partial charge on any atom is 0.312 e. The lowest BCUT2D eigenvalue weighted by Gasteiger charge is -2.19. The Morgan fingerprint density at radius 1 is 1.33 bits per heavy atom. The topological polar surface area (TPSA) is 53.4 Å². The van der Waals surface area contributed by atoms with Crippen LogP contribution in [0.4, 0.5) is 5.13 Å². The summed E-state index contributed by atoms with van der Waals surface area (Å²) in [7, 11) is 0. The van der Waals surface area contributed by atoms with Crippen LogP contribution in [0.25, 0.3) is 0 Å². The van der Waals surface area contributed by atoms with Gasteiger partial charge in [0.05, 0.1) is 5.69 Å². The molecule has 1 aliphatic heterocycles. The second kappa shape index (κ2) is 6.34. The quantitative estimate of drug-likeness (QED) is 0.926. The van der Waals surface area contributed by atoms with E-state index in [1.165, 1.54) is 30.6 Å². The summed E-state index contributed by atoms with van der Waals surface area (Å²) in [4.78, 5) is 19.7. The van der Waals surface area contributed by atoms with Crippen molar-refractivity contribution in [3.8, 4) is 0 Å². The van der Waals surface area contributed by atoms with E-state index < -0.39 is 5.97 Å². The van der Waals surface area contributed by atoms with E-state index in [1.54, 1.807) is 11.3 Å². The van der Waals surface area contributed by atoms with Gasteiger partial charge in [0.25, 0.3) is 0 Å². The van der Waals surface area contributed by atoms with Gasteiger partial charge in [0.1, 0.15) is 5.92 Å². The first-order valence-electron chi connectivity index (χ1n) is 8.16. The third-order valence-electron chi connectivity index (χ3n) is 4.94. The van der Waals surface area contributed by atoms with Gasteiger partial charge in [-0.3, -0.25) is 4.79 Å². The van der Waals surface area contributed by atoms with Gasteiger partial charge in [0.2, 0.25) is 0 Å². The number of anilines is 1. The molecule has 1 N–H and O–H groups in total. The molecule has 2 aliphatic rings. The van der Waals surface area contributed by atoms with Crippen LogP contribution in [0.3, 0.4) is 0 Å². The highest BCUT2D eigenvalue weighted by molar-refractivity contribution is 7.15. The van der Waals surface area contributed by atoms with Gasteiger partial charge >= 0.3 is 5.97 Å². The molecule has 0 saturated carbocycles. The number of aryl methyl sites for hydroxylation is 1. The van der Waals surface area contributed by atoms with Gasteiger partial charge in [-0.1, -0.05) is 13.3 Å². The standard InChI is InChI=1S/C16H24N2O2S/c1-2-11-5-4-9-18(10-8-11)16-17-14-12(15(19)20)6-3-7-13(14)21-16/h11-12H,2-10H2,1H3,(H,19,20). The van der Waals surface area contributed by atoms with E-state index in [0.717, 1.165) is 49.1 Å². The Bertz CT molecular complexity index is 514. The summed E-state index contributed by atoms with van der Waals surface area (Å²) in [6.45, 7) is 4.42. The molecule has 5 heteroatoms. The van der Waals surface area contributed by atoms with Crippen LogP contribution < -0.4 is 4.90 Å². The van der Waals surface area contributed by atoms with E-state index in [9.17, 15) is 9.90 Å². The van der Waals surface area contributed by atoms with Gasteiger partial charge < -0.3 is 10.0 Å². The van der Waals surface area contributed by atoms with Gasteiger partial charge in [0.15, 0.2) is 5.13 Å². The highest BCUT2D eigenvalue weighted by Gasteiger charge is 2.31.